The molecule has 0 aliphatic heterocycles. The number of benzene rings is 1. The molecule has 2 amide bonds. The van der Waals surface area contributed by atoms with E-state index in [1.165, 1.54) is 12.1 Å². The first-order chi connectivity index (χ1) is 13.5. The molecule has 1 aromatic rings. The second-order valence-corrected chi connectivity index (χ2v) is 7.17. The van der Waals surface area contributed by atoms with Crippen LogP contribution in [0.4, 0.5) is 0 Å². The zero-order valence-corrected chi connectivity index (χ0v) is 16.3. The molecule has 29 heavy (non-hydrogen) atoms. The number of aliphatic carboxylic acids is 2. The van der Waals surface area contributed by atoms with Gasteiger partial charge >= 0.3 is 11.9 Å². The molecule has 0 saturated heterocycles. The number of hydrogen-bond acceptors (Lipinski definition) is 6. The predicted molar refractivity (Wildman–Crippen MR) is 103 cm³/mol. The van der Waals surface area contributed by atoms with Gasteiger partial charge in [0.05, 0.1) is 12.5 Å². The Hall–Kier alpha value is -3.14. The molecule has 0 spiro atoms. The molecule has 0 aliphatic rings. The lowest BCUT2D eigenvalue weighted by Crippen LogP contribution is -2.55. The Labute approximate surface area is 168 Å². The minimum Gasteiger partial charge on any atom is -0.508 e. The Bertz CT molecular complexity index is 734. The van der Waals surface area contributed by atoms with Gasteiger partial charge in [-0.25, -0.2) is 4.79 Å². The summed E-state index contributed by atoms with van der Waals surface area (Å²) in [4.78, 5) is 46.9. The van der Waals surface area contributed by atoms with Gasteiger partial charge in [-0.1, -0.05) is 26.0 Å². The van der Waals surface area contributed by atoms with E-state index in [4.69, 9.17) is 15.9 Å². The van der Waals surface area contributed by atoms with Gasteiger partial charge in [-0.2, -0.15) is 0 Å². The molecule has 10 heteroatoms. The molecule has 3 atom stereocenters. The highest BCUT2D eigenvalue weighted by Crippen LogP contribution is 2.11. The largest absolute Gasteiger partial charge is 0.508 e. The fourth-order valence-electron chi connectivity index (χ4n) is 2.61. The van der Waals surface area contributed by atoms with Crippen LogP contribution >= 0.6 is 0 Å². The summed E-state index contributed by atoms with van der Waals surface area (Å²) >= 11 is 0. The number of nitrogens with one attached hydrogen (secondary N) is 2. The summed E-state index contributed by atoms with van der Waals surface area (Å²) in [6.07, 6.45) is -0.411. The standard InChI is InChI=1S/C19H27N3O7/c1-10(2)7-14(18(27)22-15(19(28)29)9-16(24)25)21-17(26)13(20)8-11-3-5-12(23)6-4-11/h3-6,10,13-15,23H,7-9,20H2,1-2H3,(H,21,26)(H,22,27)(H,24,25)(H,28,29). The first kappa shape index (κ1) is 23.9. The number of rotatable bonds is 11. The molecule has 160 valence electrons. The maximum atomic E-state index is 12.5. The molecule has 0 radical (unpaired) electrons. The van der Waals surface area contributed by atoms with Crippen LogP contribution in [-0.4, -0.2) is 57.2 Å². The van der Waals surface area contributed by atoms with Crippen LogP contribution in [0.5, 0.6) is 5.75 Å². The Balaban J connectivity index is 2.81. The summed E-state index contributed by atoms with van der Waals surface area (Å²) in [7, 11) is 0. The third kappa shape index (κ3) is 8.60. The van der Waals surface area contributed by atoms with Crippen molar-refractivity contribution >= 4 is 23.8 Å². The molecule has 3 unspecified atom stereocenters. The van der Waals surface area contributed by atoms with Crippen molar-refractivity contribution in [1.29, 1.82) is 0 Å². The Morgan fingerprint density at radius 3 is 2.00 bits per heavy atom. The van der Waals surface area contributed by atoms with Crippen molar-refractivity contribution in [2.75, 3.05) is 0 Å². The van der Waals surface area contributed by atoms with Crippen LogP contribution in [0.25, 0.3) is 0 Å². The number of nitrogens with two attached hydrogens (primary N) is 1. The zero-order valence-electron chi connectivity index (χ0n) is 16.3. The van der Waals surface area contributed by atoms with E-state index in [0.717, 1.165) is 0 Å². The lowest BCUT2D eigenvalue weighted by Gasteiger charge is -2.23. The number of aromatic hydroxyl groups is 1. The van der Waals surface area contributed by atoms with Crippen LogP contribution in [0.3, 0.4) is 0 Å². The SMILES string of the molecule is CC(C)CC(NC(=O)C(N)Cc1ccc(O)cc1)C(=O)NC(CC(=O)O)C(=O)O. The number of carboxylic acid groups (broad SMARTS) is 2. The summed E-state index contributed by atoms with van der Waals surface area (Å²) in [5.74, 6) is -4.20. The number of carboxylic acids is 2. The van der Waals surface area contributed by atoms with Gasteiger partial charge in [0.25, 0.3) is 0 Å². The van der Waals surface area contributed by atoms with Crippen molar-refractivity contribution in [3.8, 4) is 5.75 Å². The average Bonchev–Trinajstić information content (AvgIpc) is 2.61. The van der Waals surface area contributed by atoms with Gasteiger partial charge < -0.3 is 31.7 Å². The highest BCUT2D eigenvalue weighted by molar-refractivity contribution is 5.92. The van der Waals surface area contributed by atoms with Crippen molar-refractivity contribution in [1.82, 2.24) is 10.6 Å². The van der Waals surface area contributed by atoms with Crippen molar-refractivity contribution < 1.29 is 34.5 Å². The minimum absolute atomic E-state index is 0.0119. The van der Waals surface area contributed by atoms with E-state index in [1.54, 1.807) is 12.1 Å². The second kappa shape index (κ2) is 11.0. The average molecular weight is 409 g/mol. The monoisotopic (exact) mass is 409 g/mol. The predicted octanol–water partition coefficient (Wildman–Crippen LogP) is -0.163. The van der Waals surface area contributed by atoms with Crippen LogP contribution in [0.15, 0.2) is 24.3 Å². The fourth-order valence-corrected chi connectivity index (χ4v) is 2.61. The summed E-state index contributed by atoms with van der Waals surface area (Å²) in [6, 6.07) is 2.50. The summed E-state index contributed by atoms with van der Waals surface area (Å²) in [5, 5.41) is 31.8. The van der Waals surface area contributed by atoms with Gasteiger partial charge in [0.2, 0.25) is 11.8 Å². The van der Waals surface area contributed by atoms with Crippen LogP contribution in [0.1, 0.15) is 32.3 Å². The molecule has 0 fully saturated rings. The lowest BCUT2D eigenvalue weighted by molar-refractivity contribution is -0.147. The smallest absolute Gasteiger partial charge is 0.326 e. The first-order valence-electron chi connectivity index (χ1n) is 9.08. The van der Waals surface area contributed by atoms with E-state index < -0.39 is 48.3 Å². The van der Waals surface area contributed by atoms with Gasteiger partial charge in [-0.3, -0.25) is 14.4 Å². The maximum Gasteiger partial charge on any atom is 0.326 e. The normalized spacial score (nSPS) is 13.9. The van der Waals surface area contributed by atoms with Gasteiger partial charge in [-0.05, 0) is 36.5 Å². The van der Waals surface area contributed by atoms with Crippen molar-refractivity contribution in [3.63, 3.8) is 0 Å². The minimum atomic E-state index is -1.61. The van der Waals surface area contributed by atoms with E-state index in [2.05, 4.69) is 10.6 Å². The highest BCUT2D eigenvalue weighted by atomic mass is 16.4. The Morgan fingerprint density at radius 1 is 0.966 bits per heavy atom. The van der Waals surface area contributed by atoms with E-state index in [0.29, 0.717) is 5.56 Å². The second-order valence-electron chi connectivity index (χ2n) is 7.17. The van der Waals surface area contributed by atoms with Crippen LogP contribution in [-0.2, 0) is 25.6 Å². The molecule has 1 aromatic carbocycles. The number of phenols is 1. The quantitative estimate of drug-likeness (QED) is 0.292. The van der Waals surface area contributed by atoms with Crippen LogP contribution < -0.4 is 16.4 Å². The van der Waals surface area contributed by atoms with Gasteiger partial charge in [0.1, 0.15) is 17.8 Å². The van der Waals surface area contributed by atoms with E-state index >= 15 is 0 Å². The third-order valence-corrected chi connectivity index (χ3v) is 4.06. The summed E-state index contributed by atoms with van der Waals surface area (Å²) < 4.78 is 0. The van der Waals surface area contributed by atoms with Crippen LogP contribution in [0.2, 0.25) is 0 Å². The van der Waals surface area contributed by atoms with Crippen molar-refractivity contribution in [2.24, 2.45) is 11.7 Å². The fraction of sp³-hybridized carbons (Fsp3) is 0.474. The van der Waals surface area contributed by atoms with Gasteiger partial charge in [0, 0.05) is 0 Å². The number of phenolic OH excluding ortho intramolecular Hbond substituents is 1. The number of hydrogen-bond donors (Lipinski definition) is 6. The zero-order chi connectivity index (χ0) is 22.1. The van der Waals surface area contributed by atoms with Gasteiger partial charge in [-0.15, -0.1) is 0 Å². The number of carbonyl (C=O) groups is 4. The molecule has 7 N–H and O–H groups in total. The molecule has 0 bridgehead atoms. The topological polar surface area (TPSA) is 179 Å². The van der Waals surface area contributed by atoms with Crippen molar-refractivity contribution in [2.45, 2.75) is 51.2 Å². The molecular weight excluding hydrogens is 382 g/mol. The summed E-state index contributed by atoms with van der Waals surface area (Å²) in [5.41, 5.74) is 6.61. The Morgan fingerprint density at radius 2 is 1.52 bits per heavy atom. The molecule has 0 aromatic heterocycles. The summed E-state index contributed by atoms with van der Waals surface area (Å²) in [6.45, 7) is 3.63. The van der Waals surface area contributed by atoms with E-state index in [9.17, 15) is 24.3 Å². The molecule has 0 aliphatic carbocycles. The van der Waals surface area contributed by atoms with Crippen molar-refractivity contribution in [3.05, 3.63) is 29.8 Å². The molecular formula is C19H27N3O7. The van der Waals surface area contributed by atoms with E-state index in [-0.39, 0.29) is 24.5 Å². The molecule has 0 saturated carbocycles. The Kier molecular flexibility index (Phi) is 9.07. The van der Waals surface area contributed by atoms with Gasteiger partial charge in [0.15, 0.2) is 0 Å². The number of amides is 2. The first-order valence-corrected chi connectivity index (χ1v) is 9.08. The van der Waals surface area contributed by atoms with E-state index in [1.807, 2.05) is 13.8 Å². The molecule has 0 heterocycles. The lowest BCUT2D eigenvalue weighted by atomic mass is 10.0. The molecule has 1 rings (SSSR count). The highest BCUT2D eigenvalue weighted by Gasteiger charge is 2.29. The number of carbonyl (C=O) groups excluding carboxylic acids is 2. The molecule has 10 nitrogen and oxygen atoms in total. The van der Waals surface area contributed by atoms with Crippen LogP contribution in [0, 0.1) is 5.92 Å². The third-order valence-electron chi connectivity index (χ3n) is 4.06. The maximum absolute atomic E-state index is 12.5.